The van der Waals surface area contributed by atoms with Crippen LogP contribution in [0.15, 0.2) is 121 Å². The molecular weight excluding hydrogens is 445 g/mol. The van der Waals surface area contributed by atoms with Crippen molar-refractivity contribution in [1.82, 2.24) is 4.90 Å². The first-order chi connectivity index (χ1) is 17.6. The van der Waals surface area contributed by atoms with Crippen LogP contribution in [0.5, 0.6) is 0 Å². The van der Waals surface area contributed by atoms with Gasteiger partial charge in [0.15, 0.2) is 0 Å². The number of rotatable bonds is 8. The fourth-order valence-corrected chi connectivity index (χ4v) is 5.39. The molecule has 4 aromatic carbocycles. The second-order valence-electron chi connectivity index (χ2n) is 9.56. The van der Waals surface area contributed by atoms with E-state index >= 15 is 0 Å². The van der Waals surface area contributed by atoms with Gasteiger partial charge in [0.1, 0.15) is 11.2 Å². The lowest BCUT2D eigenvalue weighted by atomic mass is 9.66. The van der Waals surface area contributed by atoms with E-state index in [9.17, 15) is 0 Å². The molecule has 1 aliphatic rings. The van der Waals surface area contributed by atoms with Gasteiger partial charge in [-0.2, -0.15) is 0 Å². The van der Waals surface area contributed by atoms with Crippen LogP contribution in [0.1, 0.15) is 29.2 Å². The SMILES string of the molecule is CC(CN(C)C)OB1OC(c2ccccc2)(c2ccccc2)C(c2ccccc2)(c2ccccc2)O1. The molecule has 1 aliphatic heterocycles. The number of hydrogen-bond donors (Lipinski definition) is 0. The van der Waals surface area contributed by atoms with Gasteiger partial charge in [0, 0.05) is 6.54 Å². The Morgan fingerprint density at radius 2 is 0.917 bits per heavy atom. The van der Waals surface area contributed by atoms with Crippen LogP contribution in [0, 0.1) is 0 Å². The van der Waals surface area contributed by atoms with E-state index < -0.39 is 18.5 Å². The van der Waals surface area contributed by atoms with E-state index in [4.69, 9.17) is 14.0 Å². The Morgan fingerprint density at radius 1 is 0.611 bits per heavy atom. The molecule has 0 spiro atoms. The van der Waals surface area contributed by atoms with Gasteiger partial charge in [-0.1, -0.05) is 121 Å². The third-order valence-corrected chi connectivity index (χ3v) is 6.73. The van der Waals surface area contributed by atoms with E-state index in [1.165, 1.54) is 0 Å². The first-order valence-electron chi connectivity index (χ1n) is 12.4. The molecule has 5 heteroatoms. The Bertz CT molecular complexity index is 1070. The Labute approximate surface area is 214 Å². The third-order valence-electron chi connectivity index (χ3n) is 6.73. The van der Waals surface area contributed by atoms with Gasteiger partial charge < -0.3 is 18.9 Å². The number of likely N-dealkylation sites (N-methyl/N-ethyl adjacent to an activating group) is 1. The summed E-state index contributed by atoms with van der Waals surface area (Å²) in [5.74, 6) is 0. The lowest BCUT2D eigenvalue weighted by Gasteiger charge is -2.45. The number of benzene rings is 4. The molecule has 5 rings (SSSR count). The van der Waals surface area contributed by atoms with E-state index in [1.54, 1.807) is 0 Å². The van der Waals surface area contributed by atoms with Crippen molar-refractivity contribution in [2.75, 3.05) is 20.6 Å². The van der Waals surface area contributed by atoms with Crippen molar-refractivity contribution in [2.24, 2.45) is 0 Å². The minimum atomic E-state index is -1.01. The molecule has 1 atom stereocenters. The fraction of sp³-hybridized carbons (Fsp3) is 0.226. The van der Waals surface area contributed by atoms with Crippen LogP contribution < -0.4 is 0 Å². The predicted molar refractivity (Wildman–Crippen MR) is 144 cm³/mol. The average Bonchev–Trinajstić information content (AvgIpc) is 3.26. The zero-order valence-corrected chi connectivity index (χ0v) is 21.1. The molecule has 1 saturated heterocycles. The van der Waals surface area contributed by atoms with Crippen LogP contribution in [0.3, 0.4) is 0 Å². The number of hydrogen-bond acceptors (Lipinski definition) is 4. The maximum Gasteiger partial charge on any atom is 0.641 e. The molecule has 0 aromatic heterocycles. The third kappa shape index (κ3) is 4.29. The van der Waals surface area contributed by atoms with Crippen molar-refractivity contribution in [1.29, 1.82) is 0 Å². The summed E-state index contributed by atoms with van der Waals surface area (Å²) < 4.78 is 20.5. The van der Waals surface area contributed by atoms with Crippen molar-refractivity contribution < 1.29 is 14.0 Å². The largest absolute Gasteiger partial charge is 0.641 e. The van der Waals surface area contributed by atoms with Crippen molar-refractivity contribution in [3.05, 3.63) is 144 Å². The van der Waals surface area contributed by atoms with Crippen LogP contribution in [-0.4, -0.2) is 39.0 Å². The van der Waals surface area contributed by atoms with Crippen LogP contribution in [0.25, 0.3) is 0 Å². The molecule has 0 saturated carbocycles. The zero-order valence-electron chi connectivity index (χ0n) is 21.1. The topological polar surface area (TPSA) is 30.9 Å². The first-order valence-corrected chi connectivity index (χ1v) is 12.4. The van der Waals surface area contributed by atoms with Crippen molar-refractivity contribution >= 4 is 7.32 Å². The summed E-state index contributed by atoms with van der Waals surface area (Å²) in [7, 11) is 3.18. The smallest absolute Gasteiger partial charge is 0.382 e. The molecule has 0 N–H and O–H groups in total. The van der Waals surface area contributed by atoms with E-state index in [0.29, 0.717) is 0 Å². The minimum Gasteiger partial charge on any atom is -0.382 e. The highest BCUT2D eigenvalue weighted by Gasteiger charge is 2.67. The van der Waals surface area contributed by atoms with Gasteiger partial charge in [-0.15, -0.1) is 0 Å². The fourth-order valence-electron chi connectivity index (χ4n) is 5.39. The van der Waals surface area contributed by atoms with Crippen LogP contribution >= 0.6 is 0 Å². The second-order valence-corrected chi connectivity index (χ2v) is 9.56. The van der Waals surface area contributed by atoms with Gasteiger partial charge in [0.25, 0.3) is 0 Å². The summed E-state index contributed by atoms with van der Waals surface area (Å²) in [6.07, 6.45) is -0.100. The predicted octanol–water partition coefficient (Wildman–Crippen LogP) is 5.87. The maximum absolute atomic E-state index is 7.04. The standard InChI is InChI=1S/C31H32BNO3/c1-25(24-33(2)3)34-32-35-30(26-16-8-4-9-17-26,27-18-10-5-11-19-27)31(36-32,28-20-12-6-13-21-28)29-22-14-7-15-23-29/h4-23,25H,24H2,1-3H3. The molecular formula is C31H32BNO3. The number of nitrogens with zero attached hydrogens (tertiary/aromatic N) is 1. The van der Waals surface area contributed by atoms with Crippen LogP contribution in [0.2, 0.25) is 0 Å². The molecule has 0 aliphatic carbocycles. The van der Waals surface area contributed by atoms with Crippen molar-refractivity contribution in [3.8, 4) is 0 Å². The summed E-state index contributed by atoms with van der Waals surface area (Å²) in [6.45, 7) is 2.79. The molecule has 4 nitrogen and oxygen atoms in total. The van der Waals surface area contributed by atoms with Crippen molar-refractivity contribution in [2.45, 2.75) is 24.2 Å². The Balaban J connectivity index is 1.81. The molecule has 1 fully saturated rings. The van der Waals surface area contributed by atoms with Gasteiger partial charge in [-0.05, 0) is 43.3 Å². The van der Waals surface area contributed by atoms with Gasteiger partial charge in [0.2, 0.25) is 0 Å². The quantitative estimate of drug-likeness (QED) is 0.297. The normalized spacial score (nSPS) is 17.3. The van der Waals surface area contributed by atoms with Gasteiger partial charge in [0.05, 0.1) is 6.10 Å². The maximum atomic E-state index is 7.04. The monoisotopic (exact) mass is 477 g/mol. The molecule has 0 amide bonds. The Kier molecular flexibility index (Phi) is 7.08. The zero-order chi connectivity index (χ0) is 25.0. The van der Waals surface area contributed by atoms with Crippen LogP contribution in [0.4, 0.5) is 0 Å². The van der Waals surface area contributed by atoms with Crippen molar-refractivity contribution in [3.63, 3.8) is 0 Å². The molecule has 1 unspecified atom stereocenters. The highest BCUT2D eigenvalue weighted by atomic mass is 16.8. The molecule has 1 heterocycles. The first kappa shape index (κ1) is 24.5. The van der Waals surface area contributed by atoms with E-state index in [1.807, 2.05) is 93.8 Å². The molecule has 4 aromatic rings. The summed E-state index contributed by atoms with van der Waals surface area (Å²) in [5, 5.41) is 0. The highest BCUT2D eigenvalue weighted by Crippen LogP contribution is 2.58. The molecule has 36 heavy (non-hydrogen) atoms. The Morgan fingerprint density at radius 3 is 1.19 bits per heavy atom. The molecule has 0 radical (unpaired) electrons. The molecule has 182 valence electrons. The van der Waals surface area contributed by atoms with E-state index in [-0.39, 0.29) is 6.10 Å². The van der Waals surface area contributed by atoms with E-state index in [0.717, 1.165) is 28.8 Å². The summed E-state index contributed by atoms with van der Waals surface area (Å²) in [6, 6.07) is 41.4. The lowest BCUT2D eigenvalue weighted by molar-refractivity contribution is 0.00370. The highest BCUT2D eigenvalue weighted by molar-refractivity contribution is 6.38. The van der Waals surface area contributed by atoms with Gasteiger partial charge >= 0.3 is 7.32 Å². The summed E-state index contributed by atoms with van der Waals surface area (Å²) >= 11 is 0. The Hall–Kier alpha value is -3.22. The van der Waals surface area contributed by atoms with Crippen LogP contribution in [-0.2, 0) is 25.2 Å². The molecule has 0 bridgehead atoms. The minimum absolute atomic E-state index is 0.100. The summed E-state index contributed by atoms with van der Waals surface area (Å²) in [5.41, 5.74) is 1.96. The lowest BCUT2D eigenvalue weighted by Crippen LogP contribution is -2.48. The average molecular weight is 477 g/mol. The van der Waals surface area contributed by atoms with Gasteiger partial charge in [-0.25, -0.2) is 0 Å². The van der Waals surface area contributed by atoms with E-state index in [2.05, 4.69) is 53.4 Å². The summed E-state index contributed by atoms with van der Waals surface area (Å²) in [4.78, 5) is 2.10. The van der Waals surface area contributed by atoms with Gasteiger partial charge in [-0.3, -0.25) is 0 Å². The second kappa shape index (κ2) is 10.4.